The fourth-order valence-corrected chi connectivity index (χ4v) is 2.58. The molecule has 5 heteroatoms. The summed E-state index contributed by atoms with van der Waals surface area (Å²) in [6.45, 7) is 6.25. The molecule has 21 heavy (non-hydrogen) atoms. The molecule has 116 valence electrons. The molecule has 3 N–H and O–H groups in total. The maximum atomic E-state index is 13.0. The first-order valence-electron chi connectivity index (χ1n) is 7.62. The van der Waals surface area contributed by atoms with Gasteiger partial charge >= 0.3 is 0 Å². The molecule has 1 aromatic rings. The lowest BCUT2D eigenvalue weighted by atomic mass is 9.99. The average molecular weight is 293 g/mol. The van der Waals surface area contributed by atoms with Crippen LogP contribution in [-0.2, 0) is 0 Å². The van der Waals surface area contributed by atoms with Gasteiger partial charge in [-0.2, -0.15) is 0 Å². The van der Waals surface area contributed by atoms with Gasteiger partial charge in [-0.1, -0.05) is 6.92 Å². The second kappa shape index (κ2) is 7.41. The Kier molecular flexibility index (Phi) is 5.56. The van der Waals surface area contributed by atoms with Gasteiger partial charge in [0.05, 0.1) is 5.69 Å². The first-order valence-corrected chi connectivity index (χ1v) is 7.62. The van der Waals surface area contributed by atoms with E-state index in [0.717, 1.165) is 32.0 Å². The largest absolute Gasteiger partial charge is 0.396 e. The van der Waals surface area contributed by atoms with Crippen LogP contribution in [0, 0.1) is 11.7 Å². The molecule has 0 bridgehead atoms. The predicted molar refractivity (Wildman–Crippen MR) is 82.6 cm³/mol. The monoisotopic (exact) mass is 293 g/mol. The molecule has 1 aromatic carbocycles. The minimum atomic E-state index is -0.495. The van der Waals surface area contributed by atoms with Crippen molar-refractivity contribution in [3.63, 3.8) is 0 Å². The van der Waals surface area contributed by atoms with Gasteiger partial charge < -0.3 is 16.0 Å². The highest BCUT2D eigenvalue weighted by molar-refractivity contribution is 5.94. The third-order valence-electron chi connectivity index (χ3n) is 4.07. The molecule has 0 aromatic heterocycles. The number of rotatable bonds is 5. The minimum Gasteiger partial charge on any atom is -0.396 e. The second-order valence-corrected chi connectivity index (χ2v) is 5.87. The second-order valence-electron chi connectivity index (χ2n) is 5.87. The number of carbonyl (C=O) groups excluding carboxylic acids is 1. The first kappa shape index (κ1) is 15.8. The number of amides is 1. The van der Waals surface area contributed by atoms with Crippen LogP contribution in [0.1, 0.15) is 36.5 Å². The van der Waals surface area contributed by atoms with E-state index in [1.54, 1.807) is 0 Å². The van der Waals surface area contributed by atoms with E-state index in [4.69, 9.17) is 5.73 Å². The lowest BCUT2D eigenvalue weighted by Gasteiger charge is -2.30. The van der Waals surface area contributed by atoms with Crippen molar-refractivity contribution in [2.75, 3.05) is 31.9 Å². The van der Waals surface area contributed by atoms with Crippen molar-refractivity contribution in [2.24, 2.45) is 5.92 Å². The van der Waals surface area contributed by atoms with E-state index in [2.05, 4.69) is 17.1 Å². The van der Waals surface area contributed by atoms with Gasteiger partial charge in [-0.25, -0.2) is 4.39 Å². The van der Waals surface area contributed by atoms with Crippen LogP contribution in [-0.4, -0.2) is 37.0 Å². The zero-order valence-corrected chi connectivity index (χ0v) is 12.6. The maximum Gasteiger partial charge on any atom is 0.251 e. The Morgan fingerprint density at radius 1 is 1.43 bits per heavy atom. The van der Waals surface area contributed by atoms with Crippen LogP contribution in [0.5, 0.6) is 0 Å². The number of nitrogens with two attached hydrogens (primary N) is 1. The van der Waals surface area contributed by atoms with Gasteiger partial charge in [0.2, 0.25) is 0 Å². The molecule has 0 saturated carbocycles. The van der Waals surface area contributed by atoms with E-state index in [0.29, 0.717) is 12.1 Å². The smallest absolute Gasteiger partial charge is 0.251 e. The number of halogens is 1. The quantitative estimate of drug-likeness (QED) is 0.647. The van der Waals surface area contributed by atoms with Crippen molar-refractivity contribution in [3.8, 4) is 0 Å². The first-order chi connectivity index (χ1) is 10.1. The fraction of sp³-hybridized carbons (Fsp3) is 0.562. The van der Waals surface area contributed by atoms with E-state index >= 15 is 0 Å². The molecule has 1 aliphatic heterocycles. The molecule has 2 rings (SSSR count). The number of piperidine rings is 1. The van der Waals surface area contributed by atoms with Gasteiger partial charge in [-0.05, 0) is 63.0 Å². The Bertz CT molecular complexity index is 484. The van der Waals surface area contributed by atoms with Gasteiger partial charge in [-0.15, -0.1) is 0 Å². The Morgan fingerprint density at radius 3 is 2.81 bits per heavy atom. The Balaban J connectivity index is 1.68. The summed E-state index contributed by atoms with van der Waals surface area (Å²) >= 11 is 0. The maximum absolute atomic E-state index is 13.0. The Hall–Kier alpha value is -1.62. The van der Waals surface area contributed by atoms with Crippen LogP contribution in [0.3, 0.4) is 0 Å². The number of anilines is 1. The number of nitrogens with one attached hydrogen (secondary N) is 1. The minimum absolute atomic E-state index is 0.00471. The third-order valence-corrected chi connectivity index (χ3v) is 4.07. The normalized spacial score (nSPS) is 16.9. The summed E-state index contributed by atoms with van der Waals surface area (Å²) in [7, 11) is 0. The van der Waals surface area contributed by atoms with Gasteiger partial charge in [0.15, 0.2) is 0 Å². The lowest BCUT2D eigenvalue weighted by Crippen LogP contribution is -2.35. The standard InChI is InChI=1S/C16H24FN3O/c1-12-5-9-20(10-6-12)8-2-7-19-16(21)13-3-4-14(17)15(18)11-13/h3-4,11-12H,2,5-10,18H2,1H3,(H,19,21). The van der Waals surface area contributed by atoms with Crippen LogP contribution in [0.15, 0.2) is 18.2 Å². The Labute approximate surface area is 125 Å². The summed E-state index contributed by atoms with van der Waals surface area (Å²) in [5.41, 5.74) is 5.87. The summed E-state index contributed by atoms with van der Waals surface area (Å²) in [6.07, 6.45) is 3.46. The van der Waals surface area contributed by atoms with E-state index in [9.17, 15) is 9.18 Å². The zero-order valence-electron chi connectivity index (χ0n) is 12.6. The number of nitrogen functional groups attached to an aromatic ring is 1. The van der Waals surface area contributed by atoms with E-state index < -0.39 is 5.82 Å². The number of benzene rings is 1. The summed E-state index contributed by atoms with van der Waals surface area (Å²) in [5.74, 6) is 0.143. The van der Waals surface area contributed by atoms with Crippen molar-refractivity contribution >= 4 is 11.6 Å². The molecule has 0 radical (unpaired) electrons. The van der Waals surface area contributed by atoms with Crippen molar-refractivity contribution < 1.29 is 9.18 Å². The summed E-state index contributed by atoms with van der Waals surface area (Å²) in [4.78, 5) is 14.3. The molecule has 1 fully saturated rings. The SMILES string of the molecule is CC1CCN(CCCNC(=O)c2ccc(F)c(N)c2)CC1. The molecule has 1 heterocycles. The lowest BCUT2D eigenvalue weighted by molar-refractivity contribution is 0.0950. The number of likely N-dealkylation sites (tertiary alicyclic amines) is 1. The summed E-state index contributed by atoms with van der Waals surface area (Å²) in [6, 6.07) is 4.04. The topological polar surface area (TPSA) is 58.4 Å². The van der Waals surface area contributed by atoms with E-state index in [1.807, 2.05) is 0 Å². The van der Waals surface area contributed by atoms with Gasteiger partial charge in [-0.3, -0.25) is 4.79 Å². The molecule has 0 atom stereocenters. The molecule has 0 aliphatic carbocycles. The number of carbonyl (C=O) groups is 1. The molecule has 4 nitrogen and oxygen atoms in total. The molecule has 0 unspecified atom stereocenters. The molecular formula is C16H24FN3O. The highest BCUT2D eigenvalue weighted by Crippen LogP contribution is 2.15. The van der Waals surface area contributed by atoms with Crippen molar-refractivity contribution in [1.82, 2.24) is 10.2 Å². The van der Waals surface area contributed by atoms with Gasteiger partial charge in [0, 0.05) is 12.1 Å². The molecule has 1 saturated heterocycles. The van der Waals surface area contributed by atoms with Crippen LogP contribution >= 0.6 is 0 Å². The number of hydrogen-bond acceptors (Lipinski definition) is 3. The molecule has 1 aliphatic rings. The summed E-state index contributed by atoms with van der Waals surface area (Å²) in [5, 5.41) is 2.85. The summed E-state index contributed by atoms with van der Waals surface area (Å²) < 4.78 is 13.0. The molecule has 1 amide bonds. The van der Waals surface area contributed by atoms with Crippen LogP contribution < -0.4 is 11.1 Å². The number of nitrogens with zero attached hydrogens (tertiary/aromatic N) is 1. The predicted octanol–water partition coefficient (Wildman–Crippen LogP) is 2.26. The Morgan fingerprint density at radius 2 is 2.14 bits per heavy atom. The van der Waals surface area contributed by atoms with Gasteiger partial charge in [0.25, 0.3) is 5.91 Å². The zero-order chi connectivity index (χ0) is 15.2. The highest BCUT2D eigenvalue weighted by Gasteiger charge is 2.15. The number of hydrogen-bond donors (Lipinski definition) is 2. The van der Waals surface area contributed by atoms with E-state index in [-0.39, 0.29) is 11.6 Å². The third kappa shape index (κ3) is 4.70. The van der Waals surface area contributed by atoms with Crippen LogP contribution in [0.25, 0.3) is 0 Å². The van der Waals surface area contributed by atoms with Crippen molar-refractivity contribution in [1.29, 1.82) is 0 Å². The molecular weight excluding hydrogens is 269 g/mol. The van der Waals surface area contributed by atoms with Crippen molar-refractivity contribution in [3.05, 3.63) is 29.6 Å². The van der Waals surface area contributed by atoms with E-state index in [1.165, 1.54) is 31.0 Å². The fourth-order valence-electron chi connectivity index (χ4n) is 2.58. The molecule has 0 spiro atoms. The van der Waals surface area contributed by atoms with Crippen molar-refractivity contribution in [2.45, 2.75) is 26.2 Å². The van der Waals surface area contributed by atoms with Crippen LogP contribution in [0.2, 0.25) is 0 Å². The van der Waals surface area contributed by atoms with Crippen LogP contribution in [0.4, 0.5) is 10.1 Å². The van der Waals surface area contributed by atoms with Gasteiger partial charge in [0.1, 0.15) is 5.82 Å². The average Bonchev–Trinajstić information content (AvgIpc) is 2.48. The highest BCUT2D eigenvalue weighted by atomic mass is 19.1.